The molecule has 122 valence electrons. The summed E-state index contributed by atoms with van der Waals surface area (Å²) in [6.07, 6.45) is 0.283. The number of carbonyl (C=O) groups is 1. The fourth-order valence-electron chi connectivity index (χ4n) is 2.00. The molecular formula is C13H29Cl2N3O2. The molecule has 1 heterocycles. The number of halogens is 2. The number of piperazine rings is 1. The van der Waals surface area contributed by atoms with E-state index in [1.165, 1.54) is 0 Å². The molecule has 1 amide bonds. The number of nitrogens with zero attached hydrogens (tertiary/aromatic N) is 2. The van der Waals surface area contributed by atoms with Crippen molar-refractivity contribution in [2.24, 2.45) is 5.73 Å². The molecule has 1 fully saturated rings. The van der Waals surface area contributed by atoms with Crippen LogP contribution in [0.25, 0.3) is 0 Å². The van der Waals surface area contributed by atoms with Crippen molar-refractivity contribution < 1.29 is 9.53 Å². The summed E-state index contributed by atoms with van der Waals surface area (Å²) in [5.74, 6) is 0.0422. The fourth-order valence-corrected chi connectivity index (χ4v) is 2.00. The Labute approximate surface area is 135 Å². The Bertz CT molecular complexity index is 275. The normalized spacial score (nSPS) is 16.6. The van der Waals surface area contributed by atoms with Crippen LogP contribution in [0.1, 0.15) is 27.7 Å². The summed E-state index contributed by atoms with van der Waals surface area (Å²) >= 11 is 0. The quantitative estimate of drug-likeness (QED) is 0.821. The number of amides is 1. The lowest BCUT2D eigenvalue weighted by atomic mass is 10.0. The van der Waals surface area contributed by atoms with Crippen LogP contribution in [0.5, 0.6) is 0 Å². The van der Waals surface area contributed by atoms with Crippen molar-refractivity contribution in [3.05, 3.63) is 0 Å². The number of hydrogen-bond acceptors (Lipinski definition) is 4. The van der Waals surface area contributed by atoms with Crippen molar-refractivity contribution in [1.82, 2.24) is 9.80 Å². The summed E-state index contributed by atoms with van der Waals surface area (Å²) in [6, 6.07) is 0. The van der Waals surface area contributed by atoms with E-state index >= 15 is 0 Å². The highest BCUT2D eigenvalue weighted by molar-refractivity contribution is 5.86. The second-order valence-corrected chi connectivity index (χ2v) is 5.78. The van der Waals surface area contributed by atoms with Crippen LogP contribution in [0, 0.1) is 0 Å². The molecule has 0 aromatic carbocycles. The van der Waals surface area contributed by atoms with Gasteiger partial charge in [-0.2, -0.15) is 0 Å². The lowest BCUT2D eigenvalue weighted by Gasteiger charge is -2.37. The number of hydrogen-bond donors (Lipinski definition) is 1. The van der Waals surface area contributed by atoms with Gasteiger partial charge in [0.1, 0.15) is 0 Å². The third kappa shape index (κ3) is 7.64. The maximum Gasteiger partial charge on any atom is 0.242 e. The predicted molar refractivity (Wildman–Crippen MR) is 86.9 cm³/mol. The van der Waals surface area contributed by atoms with Gasteiger partial charge in [0, 0.05) is 32.7 Å². The second-order valence-electron chi connectivity index (χ2n) is 5.78. The van der Waals surface area contributed by atoms with Gasteiger partial charge in [-0.1, -0.05) is 0 Å². The highest BCUT2D eigenvalue weighted by atomic mass is 35.5. The predicted octanol–water partition coefficient (Wildman–Crippen LogP) is 1.14. The third-order valence-corrected chi connectivity index (χ3v) is 3.07. The minimum Gasteiger partial charge on any atom is -0.377 e. The lowest BCUT2D eigenvalue weighted by molar-refractivity contribution is -0.137. The topological polar surface area (TPSA) is 58.8 Å². The van der Waals surface area contributed by atoms with Gasteiger partial charge in [-0.25, -0.2) is 0 Å². The van der Waals surface area contributed by atoms with E-state index < -0.39 is 5.54 Å². The lowest BCUT2D eigenvalue weighted by Crippen LogP contribution is -2.57. The molecule has 0 aliphatic carbocycles. The van der Waals surface area contributed by atoms with E-state index in [-0.39, 0.29) is 36.8 Å². The first-order valence-electron chi connectivity index (χ1n) is 6.73. The van der Waals surface area contributed by atoms with Gasteiger partial charge in [0.05, 0.1) is 18.2 Å². The van der Waals surface area contributed by atoms with E-state index in [2.05, 4.69) is 4.90 Å². The van der Waals surface area contributed by atoms with Crippen LogP contribution in [0.2, 0.25) is 0 Å². The Kier molecular flexibility index (Phi) is 10.9. The van der Waals surface area contributed by atoms with Crippen molar-refractivity contribution in [2.45, 2.75) is 39.3 Å². The largest absolute Gasteiger partial charge is 0.377 e. The zero-order chi connectivity index (χ0) is 13.8. The average molecular weight is 330 g/mol. The SMILES string of the molecule is CC(C)OCCN1CCN(C(=O)C(C)(C)N)CC1.Cl.Cl. The van der Waals surface area contributed by atoms with Gasteiger partial charge in [0.2, 0.25) is 5.91 Å². The number of nitrogens with two attached hydrogens (primary N) is 1. The van der Waals surface area contributed by atoms with E-state index in [1.54, 1.807) is 13.8 Å². The van der Waals surface area contributed by atoms with Gasteiger partial charge in [0.25, 0.3) is 0 Å². The van der Waals surface area contributed by atoms with Crippen LogP contribution in [0.15, 0.2) is 0 Å². The van der Waals surface area contributed by atoms with Crippen molar-refractivity contribution in [2.75, 3.05) is 39.3 Å². The molecule has 1 aliphatic rings. The molecule has 20 heavy (non-hydrogen) atoms. The number of rotatable bonds is 5. The third-order valence-electron chi connectivity index (χ3n) is 3.07. The summed E-state index contributed by atoms with van der Waals surface area (Å²) in [6.45, 7) is 12.6. The van der Waals surface area contributed by atoms with Crippen LogP contribution in [0.3, 0.4) is 0 Å². The maximum absolute atomic E-state index is 12.0. The van der Waals surface area contributed by atoms with Crippen molar-refractivity contribution in [3.63, 3.8) is 0 Å². The van der Waals surface area contributed by atoms with E-state index in [9.17, 15) is 4.79 Å². The molecule has 2 N–H and O–H groups in total. The minimum atomic E-state index is -0.761. The molecule has 0 spiro atoms. The molecule has 7 heteroatoms. The number of carbonyl (C=O) groups excluding carboxylic acids is 1. The van der Waals surface area contributed by atoms with Crippen LogP contribution in [-0.4, -0.2) is 66.7 Å². The molecule has 0 aromatic rings. The molecule has 1 aliphatic heterocycles. The molecular weight excluding hydrogens is 301 g/mol. The van der Waals surface area contributed by atoms with Crippen molar-refractivity contribution in [3.8, 4) is 0 Å². The van der Waals surface area contributed by atoms with E-state index in [0.717, 1.165) is 39.3 Å². The molecule has 0 atom stereocenters. The smallest absolute Gasteiger partial charge is 0.242 e. The summed E-state index contributed by atoms with van der Waals surface area (Å²) in [7, 11) is 0. The first-order valence-corrected chi connectivity index (χ1v) is 6.73. The molecule has 1 rings (SSSR count). The average Bonchev–Trinajstić information content (AvgIpc) is 2.27. The van der Waals surface area contributed by atoms with Crippen LogP contribution >= 0.6 is 24.8 Å². The summed E-state index contributed by atoms with van der Waals surface area (Å²) in [5.41, 5.74) is 5.07. The van der Waals surface area contributed by atoms with Gasteiger partial charge in [-0.05, 0) is 27.7 Å². The summed E-state index contributed by atoms with van der Waals surface area (Å²) in [5, 5.41) is 0. The molecule has 0 aromatic heterocycles. The Morgan fingerprint density at radius 3 is 2.10 bits per heavy atom. The second kappa shape index (κ2) is 9.79. The molecule has 0 unspecified atom stereocenters. The molecule has 0 bridgehead atoms. The van der Waals surface area contributed by atoms with Crippen LogP contribution in [0.4, 0.5) is 0 Å². The van der Waals surface area contributed by atoms with E-state index in [0.29, 0.717) is 0 Å². The first-order chi connectivity index (χ1) is 8.30. The van der Waals surface area contributed by atoms with Gasteiger partial charge in [-0.3, -0.25) is 9.69 Å². The standard InChI is InChI=1S/C13H27N3O2.2ClH/c1-11(2)18-10-9-15-5-7-16(8-6-15)12(17)13(3,4)14;;/h11H,5-10,14H2,1-4H3;2*1H. The molecule has 0 radical (unpaired) electrons. The van der Waals surface area contributed by atoms with Crippen molar-refractivity contribution >= 4 is 30.7 Å². The fraction of sp³-hybridized carbons (Fsp3) is 0.923. The van der Waals surface area contributed by atoms with E-state index in [1.807, 2.05) is 18.7 Å². The monoisotopic (exact) mass is 329 g/mol. The van der Waals surface area contributed by atoms with Crippen LogP contribution < -0.4 is 5.73 Å². The molecule has 5 nitrogen and oxygen atoms in total. The van der Waals surface area contributed by atoms with Gasteiger partial charge in [-0.15, -0.1) is 24.8 Å². The zero-order valence-corrected chi connectivity index (χ0v) is 14.6. The zero-order valence-electron chi connectivity index (χ0n) is 12.9. The highest BCUT2D eigenvalue weighted by Crippen LogP contribution is 2.08. The summed E-state index contributed by atoms with van der Waals surface area (Å²) in [4.78, 5) is 16.2. The molecule has 0 saturated carbocycles. The van der Waals surface area contributed by atoms with Crippen molar-refractivity contribution in [1.29, 1.82) is 0 Å². The molecule has 1 saturated heterocycles. The highest BCUT2D eigenvalue weighted by Gasteiger charge is 2.29. The Balaban J connectivity index is 0. The summed E-state index contributed by atoms with van der Waals surface area (Å²) < 4.78 is 5.53. The Morgan fingerprint density at radius 2 is 1.70 bits per heavy atom. The number of ether oxygens (including phenoxy) is 1. The van der Waals surface area contributed by atoms with Gasteiger partial charge in [0.15, 0.2) is 0 Å². The Hall–Kier alpha value is -0.0700. The van der Waals surface area contributed by atoms with E-state index in [4.69, 9.17) is 10.5 Å². The Morgan fingerprint density at radius 1 is 1.20 bits per heavy atom. The van der Waals surface area contributed by atoms with Gasteiger partial charge >= 0.3 is 0 Å². The maximum atomic E-state index is 12.0. The van der Waals surface area contributed by atoms with Gasteiger partial charge < -0.3 is 15.4 Å². The minimum absolute atomic E-state index is 0. The first kappa shape index (κ1) is 22.2. The van der Waals surface area contributed by atoms with Crippen LogP contribution in [-0.2, 0) is 9.53 Å².